The largest absolute Gasteiger partial charge is 0.390 e. The molecule has 0 amide bonds. The van der Waals surface area contributed by atoms with Crippen LogP contribution >= 0.6 is 0 Å². The molecule has 1 saturated carbocycles. The van der Waals surface area contributed by atoms with Crippen LogP contribution in [0.3, 0.4) is 0 Å². The van der Waals surface area contributed by atoms with E-state index in [-0.39, 0.29) is 5.41 Å². The second-order valence-electron chi connectivity index (χ2n) is 5.39. The van der Waals surface area contributed by atoms with E-state index in [0.29, 0.717) is 12.3 Å². The molecular formula is C11H22O2. The van der Waals surface area contributed by atoms with Crippen LogP contribution in [0.2, 0.25) is 0 Å². The molecule has 0 aromatic heterocycles. The summed E-state index contributed by atoms with van der Waals surface area (Å²) in [5, 5.41) is 19.6. The first-order valence-corrected chi connectivity index (χ1v) is 5.18. The lowest BCUT2D eigenvalue weighted by molar-refractivity contribution is -0.124. The number of aliphatic hydroxyl groups excluding tert-OH is 1. The van der Waals surface area contributed by atoms with Crippen LogP contribution in [-0.4, -0.2) is 21.9 Å². The van der Waals surface area contributed by atoms with Gasteiger partial charge >= 0.3 is 0 Å². The van der Waals surface area contributed by atoms with E-state index in [4.69, 9.17) is 0 Å². The fraction of sp³-hybridized carbons (Fsp3) is 1.00. The quantitative estimate of drug-likeness (QED) is 0.657. The van der Waals surface area contributed by atoms with Crippen LogP contribution in [-0.2, 0) is 0 Å². The third-order valence-corrected chi connectivity index (χ3v) is 3.97. The number of rotatable bonds is 1. The third-order valence-electron chi connectivity index (χ3n) is 3.97. The molecule has 1 aliphatic rings. The van der Waals surface area contributed by atoms with Gasteiger partial charge in [-0.15, -0.1) is 0 Å². The lowest BCUT2D eigenvalue weighted by Crippen LogP contribution is -2.48. The molecule has 2 heteroatoms. The van der Waals surface area contributed by atoms with E-state index >= 15 is 0 Å². The van der Waals surface area contributed by atoms with Crippen molar-refractivity contribution in [2.45, 2.75) is 58.7 Å². The van der Waals surface area contributed by atoms with Crippen LogP contribution < -0.4 is 0 Å². The van der Waals surface area contributed by atoms with Crippen molar-refractivity contribution in [3.63, 3.8) is 0 Å². The molecule has 0 radical (unpaired) electrons. The minimum absolute atomic E-state index is 0.196. The van der Waals surface area contributed by atoms with Crippen LogP contribution in [0.25, 0.3) is 0 Å². The molecule has 0 spiro atoms. The molecule has 0 bridgehead atoms. The molecule has 1 rings (SSSR count). The maximum atomic E-state index is 9.81. The SMILES string of the molecule is CC(C)C1(C)CCC(C)(O)C(O)C1. The second kappa shape index (κ2) is 3.25. The van der Waals surface area contributed by atoms with Gasteiger partial charge < -0.3 is 10.2 Å². The summed E-state index contributed by atoms with van der Waals surface area (Å²) in [6, 6.07) is 0. The average Bonchev–Trinajstić information content (AvgIpc) is 1.98. The molecule has 78 valence electrons. The maximum Gasteiger partial charge on any atom is 0.0877 e. The molecule has 1 aliphatic carbocycles. The highest BCUT2D eigenvalue weighted by Gasteiger charge is 2.44. The molecule has 0 aliphatic heterocycles. The topological polar surface area (TPSA) is 40.5 Å². The highest BCUT2D eigenvalue weighted by Crippen LogP contribution is 2.45. The van der Waals surface area contributed by atoms with Crippen molar-refractivity contribution < 1.29 is 10.2 Å². The minimum Gasteiger partial charge on any atom is -0.390 e. The maximum absolute atomic E-state index is 9.81. The van der Waals surface area contributed by atoms with E-state index in [1.165, 1.54) is 0 Å². The predicted molar refractivity (Wildman–Crippen MR) is 53.4 cm³/mol. The van der Waals surface area contributed by atoms with Crippen molar-refractivity contribution in [3.05, 3.63) is 0 Å². The van der Waals surface area contributed by atoms with Crippen LogP contribution in [0.5, 0.6) is 0 Å². The summed E-state index contributed by atoms with van der Waals surface area (Å²) in [4.78, 5) is 0. The Morgan fingerprint density at radius 1 is 1.23 bits per heavy atom. The standard InChI is InChI=1S/C11H22O2/c1-8(2)10(3)5-6-11(4,13)9(12)7-10/h8-9,12-13H,5-7H2,1-4H3. The molecule has 0 saturated heterocycles. The predicted octanol–water partition coefficient (Wildman–Crippen LogP) is 1.94. The fourth-order valence-electron chi connectivity index (χ4n) is 1.99. The third kappa shape index (κ3) is 2.05. The van der Waals surface area contributed by atoms with Gasteiger partial charge in [-0.1, -0.05) is 20.8 Å². The van der Waals surface area contributed by atoms with Crippen molar-refractivity contribution in [3.8, 4) is 0 Å². The smallest absolute Gasteiger partial charge is 0.0877 e. The molecule has 0 heterocycles. The molecular weight excluding hydrogens is 164 g/mol. The van der Waals surface area contributed by atoms with Crippen molar-refractivity contribution in [2.75, 3.05) is 0 Å². The molecule has 0 aromatic carbocycles. The Balaban J connectivity index is 2.70. The van der Waals surface area contributed by atoms with E-state index in [2.05, 4.69) is 20.8 Å². The van der Waals surface area contributed by atoms with Gasteiger partial charge in [0.15, 0.2) is 0 Å². The van der Waals surface area contributed by atoms with Crippen LogP contribution in [0, 0.1) is 11.3 Å². The number of aliphatic hydroxyl groups is 2. The Kier molecular flexibility index (Phi) is 2.75. The Bertz CT molecular complexity index is 187. The van der Waals surface area contributed by atoms with E-state index in [1.807, 2.05) is 0 Å². The van der Waals surface area contributed by atoms with Gasteiger partial charge in [-0.2, -0.15) is 0 Å². The molecule has 13 heavy (non-hydrogen) atoms. The van der Waals surface area contributed by atoms with Gasteiger partial charge in [0.1, 0.15) is 0 Å². The van der Waals surface area contributed by atoms with Gasteiger partial charge in [0.2, 0.25) is 0 Å². The Labute approximate surface area is 81.0 Å². The zero-order chi connectivity index (χ0) is 10.3. The highest BCUT2D eigenvalue weighted by molar-refractivity contribution is 4.95. The number of hydrogen-bond acceptors (Lipinski definition) is 2. The van der Waals surface area contributed by atoms with Crippen LogP contribution in [0.15, 0.2) is 0 Å². The van der Waals surface area contributed by atoms with Gasteiger partial charge in [-0.3, -0.25) is 0 Å². The summed E-state index contributed by atoms with van der Waals surface area (Å²) in [6.07, 6.45) is 1.88. The first kappa shape index (κ1) is 11.0. The van der Waals surface area contributed by atoms with Gasteiger partial charge in [-0.05, 0) is 37.5 Å². The van der Waals surface area contributed by atoms with Crippen LogP contribution in [0.4, 0.5) is 0 Å². The molecule has 3 atom stereocenters. The lowest BCUT2D eigenvalue weighted by Gasteiger charge is -2.46. The first-order valence-electron chi connectivity index (χ1n) is 5.18. The minimum atomic E-state index is -0.867. The Morgan fingerprint density at radius 2 is 1.77 bits per heavy atom. The summed E-state index contributed by atoms with van der Waals surface area (Å²) in [5.74, 6) is 0.568. The molecule has 1 fully saturated rings. The van der Waals surface area contributed by atoms with Crippen molar-refractivity contribution >= 4 is 0 Å². The Hall–Kier alpha value is -0.0800. The summed E-state index contributed by atoms with van der Waals surface area (Å²) >= 11 is 0. The average molecular weight is 186 g/mol. The van der Waals surface area contributed by atoms with Gasteiger partial charge in [0.05, 0.1) is 11.7 Å². The summed E-state index contributed by atoms with van der Waals surface area (Å²) in [5.41, 5.74) is -0.671. The highest BCUT2D eigenvalue weighted by atomic mass is 16.3. The van der Waals surface area contributed by atoms with Gasteiger partial charge in [0, 0.05) is 0 Å². The van der Waals surface area contributed by atoms with Crippen molar-refractivity contribution in [1.29, 1.82) is 0 Å². The monoisotopic (exact) mass is 186 g/mol. The fourth-order valence-corrected chi connectivity index (χ4v) is 1.99. The molecule has 2 nitrogen and oxygen atoms in total. The van der Waals surface area contributed by atoms with E-state index in [9.17, 15) is 10.2 Å². The molecule has 0 aromatic rings. The zero-order valence-corrected chi connectivity index (χ0v) is 9.17. The zero-order valence-electron chi connectivity index (χ0n) is 9.17. The van der Waals surface area contributed by atoms with Crippen LogP contribution in [0.1, 0.15) is 47.0 Å². The van der Waals surface area contributed by atoms with Crippen molar-refractivity contribution in [1.82, 2.24) is 0 Å². The van der Waals surface area contributed by atoms with E-state index in [0.717, 1.165) is 12.8 Å². The molecule has 2 N–H and O–H groups in total. The molecule has 3 unspecified atom stereocenters. The summed E-state index contributed by atoms with van der Waals surface area (Å²) in [6.45, 7) is 8.31. The summed E-state index contributed by atoms with van der Waals surface area (Å²) in [7, 11) is 0. The Morgan fingerprint density at radius 3 is 2.15 bits per heavy atom. The first-order chi connectivity index (χ1) is 5.78. The normalized spacial score (nSPS) is 46.8. The van der Waals surface area contributed by atoms with Crippen molar-refractivity contribution in [2.24, 2.45) is 11.3 Å². The van der Waals surface area contributed by atoms with Gasteiger partial charge in [-0.25, -0.2) is 0 Å². The summed E-state index contributed by atoms with van der Waals surface area (Å²) < 4.78 is 0. The van der Waals surface area contributed by atoms with E-state index in [1.54, 1.807) is 6.92 Å². The van der Waals surface area contributed by atoms with E-state index < -0.39 is 11.7 Å². The van der Waals surface area contributed by atoms with Gasteiger partial charge in [0.25, 0.3) is 0 Å². The lowest BCUT2D eigenvalue weighted by atomic mass is 9.64. The second-order valence-corrected chi connectivity index (χ2v) is 5.39. The number of hydrogen-bond donors (Lipinski definition) is 2.